The summed E-state index contributed by atoms with van der Waals surface area (Å²) < 4.78 is 10.4. The number of hydrogen-bond donors (Lipinski definition) is 2. The minimum atomic E-state index is -0.287. The Balaban J connectivity index is 2.01. The van der Waals surface area contributed by atoms with Gasteiger partial charge in [-0.1, -0.05) is 44.2 Å². The number of benzene rings is 2. The number of anilines is 1. The van der Waals surface area contributed by atoms with Crippen LogP contribution in [0.2, 0.25) is 0 Å². The summed E-state index contributed by atoms with van der Waals surface area (Å²) in [5.74, 6) is 1.23. The van der Waals surface area contributed by atoms with E-state index < -0.39 is 0 Å². The van der Waals surface area contributed by atoms with Gasteiger partial charge in [0, 0.05) is 18.0 Å². The largest absolute Gasteiger partial charge is 0.497 e. The van der Waals surface area contributed by atoms with Gasteiger partial charge in [-0.2, -0.15) is 0 Å². The maximum Gasteiger partial charge on any atom is 0.319 e. The van der Waals surface area contributed by atoms with Crippen LogP contribution >= 0.6 is 0 Å². The third-order valence-electron chi connectivity index (χ3n) is 3.90. The second-order valence-corrected chi connectivity index (χ2v) is 6.12. The van der Waals surface area contributed by atoms with Crippen molar-refractivity contribution in [3.8, 4) is 11.5 Å². The first-order chi connectivity index (χ1) is 11.5. The molecule has 2 aromatic rings. The Morgan fingerprint density at radius 2 is 1.75 bits per heavy atom. The maximum atomic E-state index is 12.2. The van der Waals surface area contributed by atoms with Crippen molar-refractivity contribution in [2.24, 2.45) is 0 Å². The van der Waals surface area contributed by atoms with Gasteiger partial charge in [-0.05, 0) is 17.7 Å². The van der Waals surface area contributed by atoms with E-state index in [1.807, 2.05) is 18.2 Å². The molecule has 2 amide bonds. The van der Waals surface area contributed by atoms with E-state index in [-0.39, 0.29) is 11.4 Å². The second-order valence-electron chi connectivity index (χ2n) is 6.12. The zero-order chi connectivity index (χ0) is 17.6. The van der Waals surface area contributed by atoms with Gasteiger partial charge in [-0.25, -0.2) is 4.79 Å². The lowest BCUT2D eigenvalue weighted by atomic mass is 9.85. The fraction of sp³-hybridized carbons (Fsp3) is 0.316. The summed E-state index contributed by atoms with van der Waals surface area (Å²) in [6.45, 7) is 4.69. The summed E-state index contributed by atoms with van der Waals surface area (Å²) in [7, 11) is 3.14. The van der Waals surface area contributed by atoms with Crippen molar-refractivity contribution in [3.63, 3.8) is 0 Å². The first kappa shape index (κ1) is 17.7. The number of rotatable bonds is 6. The van der Waals surface area contributed by atoms with Gasteiger partial charge in [0.15, 0.2) is 0 Å². The van der Waals surface area contributed by atoms with Crippen LogP contribution in [0.25, 0.3) is 0 Å². The Kier molecular flexibility index (Phi) is 5.68. The molecule has 0 aliphatic heterocycles. The third kappa shape index (κ3) is 4.41. The molecule has 2 rings (SSSR count). The van der Waals surface area contributed by atoms with Crippen molar-refractivity contribution in [3.05, 3.63) is 54.1 Å². The predicted molar refractivity (Wildman–Crippen MR) is 96.0 cm³/mol. The molecule has 0 radical (unpaired) electrons. The number of nitrogens with one attached hydrogen (secondary N) is 2. The van der Waals surface area contributed by atoms with Gasteiger partial charge in [0.05, 0.1) is 19.9 Å². The van der Waals surface area contributed by atoms with E-state index in [2.05, 4.69) is 36.6 Å². The smallest absolute Gasteiger partial charge is 0.319 e. The molecule has 5 nitrogen and oxygen atoms in total. The van der Waals surface area contributed by atoms with Crippen molar-refractivity contribution in [1.29, 1.82) is 0 Å². The normalized spacial score (nSPS) is 10.8. The van der Waals surface area contributed by atoms with Crippen LogP contribution in [0.5, 0.6) is 11.5 Å². The highest BCUT2D eigenvalue weighted by Gasteiger charge is 2.21. The summed E-state index contributed by atoms with van der Waals surface area (Å²) in [5, 5.41) is 5.72. The number of ether oxygens (including phenoxy) is 2. The summed E-state index contributed by atoms with van der Waals surface area (Å²) in [6.07, 6.45) is 0. The second kappa shape index (κ2) is 7.73. The van der Waals surface area contributed by atoms with Crippen molar-refractivity contribution in [1.82, 2.24) is 5.32 Å². The van der Waals surface area contributed by atoms with E-state index in [9.17, 15) is 4.79 Å². The number of carbonyl (C=O) groups is 1. The molecule has 128 valence electrons. The van der Waals surface area contributed by atoms with Crippen LogP contribution in [-0.4, -0.2) is 26.8 Å². The Bertz CT molecular complexity index is 684. The van der Waals surface area contributed by atoms with E-state index in [4.69, 9.17) is 9.47 Å². The van der Waals surface area contributed by atoms with E-state index >= 15 is 0 Å². The molecule has 0 saturated carbocycles. The van der Waals surface area contributed by atoms with Gasteiger partial charge in [0.2, 0.25) is 0 Å². The van der Waals surface area contributed by atoms with Gasteiger partial charge in [-0.3, -0.25) is 0 Å². The Morgan fingerprint density at radius 1 is 1.04 bits per heavy atom. The van der Waals surface area contributed by atoms with Crippen LogP contribution in [0.3, 0.4) is 0 Å². The molecule has 0 atom stereocenters. The van der Waals surface area contributed by atoms with Gasteiger partial charge >= 0.3 is 6.03 Å². The molecule has 0 aromatic heterocycles. The first-order valence-corrected chi connectivity index (χ1v) is 7.78. The molecule has 0 heterocycles. The van der Waals surface area contributed by atoms with E-state index in [1.165, 1.54) is 5.56 Å². The molecule has 2 aromatic carbocycles. The summed E-state index contributed by atoms with van der Waals surface area (Å²) in [5.41, 5.74) is 1.56. The van der Waals surface area contributed by atoms with E-state index in [0.717, 1.165) is 0 Å². The van der Waals surface area contributed by atoms with Crippen LogP contribution in [-0.2, 0) is 5.41 Å². The topological polar surface area (TPSA) is 59.6 Å². The SMILES string of the molecule is COc1ccc(OC)c(NC(=O)NCC(C)(C)c2ccccc2)c1. The van der Waals surface area contributed by atoms with E-state index in [1.54, 1.807) is 32.4 Å². The highest BCUT2D eigenvalue weighted by molar-refractivity contribution is 5.91. The van der Waals surface area contributed by atoms with Gasteiger partial charge in [0.25, 0.3) is 0 Å². The number of amides is 2. The first-order valence-electron chi connectivity index (χ1n) is 7.78. The van der Waals surface area contributed by atoms with E-state index in [0.29, 0.717) is 23.7 Å². The zero-order valence-electron chi connectivity index (χ0n) is 14.6. The highest BCUT2D eigenvalue weighted by Crippen LogP contribution is 2.29. The van der Waals surface area contributed by atoms with Crippen LogP contribution in [0, 0.1) is 0 Å². The zero-order valence-corrected chi connectivity index (χ0v) is 14.6. The van der Waals surface area contributed by atoms with Gasteiger partial charge in [0.1, 0.15) is 11.5 Å². The molecule has 0 saturated heterocycles. The highest BCUT2D eigenvalue weighted by atomic mass is 16.5. The van der Waals surface area contributed by atoms with Crippen LogP contribution in [0.15, 0.2) is 48.5 Å². The van der Waals surface area contributed by atoms with Gasteiger partial charge < -0.3 is 20.1 Å². The molecule has 0 fully saturated rings. The lowest BCUT2D eigenvalue weighted by molar-refractivity contribution is 0.249. The number of urea groups is 1. The predicted octanol–water partition coefficient (Wildman–Crippen LogP) is 3.80. The molecular formula is C19H24N2O3. The summed E-state index contributed by atoms with van der Waals surface area (Å²) >= 11 is 0. The Morgan fingerprint density at radius 3 is 2.38 bits per heavy atom. The Labute approximate surface area is 143 Å². The fourth-order valence-electron chi connectivity index (χ4n) is 2.37. The molecule has 24 heavy (non-hydrogen) atoms. The lowest BCUT2D eigenvalue weighted by Crippen LogP contribution is -2.39. The monoisotopic (exact) mass is 328 g/mol. The molecule has 0 unspecified atom stereocenters. The van der Waals surface area contributed by atoms with Crippen molar-refractivity contribution in [2.45, 2.75) is 19.3 Å². The van der Waals surface area contributed by atoms with Crippen molar-refractivity contribution in [2.75, 3.05) is 26.1 Å². The molecular weight excluding hydrogens is 304 g/mol. The summed E-state index contributed by atoms with van der Waals surface area (Å²) in [4.78, 5) is 12.2. The van der Waals surface area contributed by atoms with Crippen molar-refractivity contribution >= 4 is 11.7 Å². The minimum Gasteiger partial charge on any atom is -0.497 e. The van der Waals surface area contributed by atoms with Crippen LogP contribution in [0.1, 0.15) is 19.4 Å². The molecule has 0 spiro atoms. The molecule has 0 aliphatic carbocycles. The van der Waals surface area contributed by atoms with Crippen LogP contribution in [0.4, 0.5) is 10.5 Å². The number of methoxy groups -OCH3 is 2. The number of carbonyl (C=O) groups excluding carboxylic acids is 1. The Hall–Kier alpha value is -2.69. The third-order valence-corrected chi connectivity index (χ3v) is 3.90. The quantitative estimate of drug-likeness (QED) is 0.848. The average molecular weight is 328 g/mol. The molecule has 0 bridgehead atoms. The van der Waals surface area contributed by atoms with Crippen molar-refractivity contribution < 1.29 is 14.3 Å². The lowest BCUT2D eigenvalue weighted by Gasteiger charge is -2.25. The fourth-order valence-corrected chi connectivity index (χ4v) is 2.37. The summed E-state index contributed by atoms with van der Waals surface area (Å²) in [6, 6.07) is 15.1. The molecule has 2 N–H and O–H groups in total. The van der Waals surface area contributed by atoms with Crippen LogP contribution < -0.4 is 20.1 Å². The number of hydrogen-bond acceptors (Lipinski definition) is 3. The minimum absolute atomic E-state index is 0.170. The average Bonchev–Trinajstić information content (AvgIpc) is 2.60. The molecule has 5 heteroatoms. The standard InChI is InChI=1S/C19H24N2O3/c1-19(2,14-8-6-5-7-9-14)13-20-18(22)21-16-12-15(23-3)10-11-17(16)24-4/h5-12H,13H2,1-4H3,(H2,20,21,22). The maximum absolute atomic E-state index is 12.2. The van der Waals surface area contributed by atoms with Gasteiger partial charge in [-0.15, -0.1) is 0 Å². The molecule has 0 aliphatic rings.